The van der Waals surface area contributed by atoms with Crippen LogP contribution >= 0.6 is 15.9 Å². The van der Waals surface area contributed by atoms with Crippen LogP contribution in [0.2, 0.25) is 0 Å². The predicted molar refractivity (Wildman–Crippen MR) is 78.2 cm³/mol. The zero-order chi connectivity index (χ0) is 13.0. The van der Waals surface area contributed by atoms with Gasteiger partial charge >= 0.3 is 0 Å². The smallest absolute Gasteiger partial charge is 0.135 e. The second-order valence-electron chi connectivity index (χ2n) is 4.02. The van der Waals surface area contributed by atoms with E-state index in [0.717, 1.165) is 34.8 Å². The number of rotatable bonds is 4. The summed E-state index contributed by atoms with van der Waals surface area (Å²) in [5.74, 6) is 1.65. The number of hydrogen-bond acceptors (Lipinski definition) is 3. The van der Waals surface area contributed by atoms with Gasteiger partial charge in [-0.15, -0.1) is 0 Å². The summed E-state index contributed by atoms with van der Waals surface area (Å²) in [5.41, 5.74) is 2.37. The molecule has 94 valence electrons. The molecule has 0 saturated heterocycles. The van der Waals surface area contributed by atoms with Gasteiger partial charge in [-0.3, -0.25) is 0 Å². The Kier molecular flexibility index (Phi) is 4.31. The van der Waals surface area contributed by atoms with Gasteiger partial charge in [-0.25, -0.2) is 9.97 Å². The summed E-state index contributed by atoms with van der Waals surface area (Å²) in [4.78, 5) is 8.72. The summed E-state index contributed by atoms with van der Waals surface area (Å²) >= 11 is 3.40. The Morgan fingerprint density at radius 1 is 1.06 bits per heavy atom. The van der Waals surface area contributed by atoms with Crippen molar-refractivity contribution in [3.05, 3.63) is 46.3 Å². The van der Waals surface area contributed by atoms with Crippen LogP contribution in [0.3, 0.4) is 0 Å². The van der Waals surface area contributed by atoms with Crippen molar-refractivity contribution in [1.82, 2.24) is 9.97 Å². The summed E-state index contributed by atoms with van der Waals surface area (Å²) in [5, 5.41) is 3.29. The molecule has 1 aromatic carbocycles. The van der Waals surface area contributed by atoms with Gasteiger partial charge in [0.15, 0.2) is 0 Å². The molecular weight excluding hydrogens is 290 g/mol. The molecule has 0 radical (unpaired) electrons. The maximum atomic E-state index is 4.44. The molecule has 1 aromatic heterocycles. The fourth-order valence-electron chi connectivity index (χ4n) is 1.66. The standard InChI is InChI=1S/C14H16BrN3/c1-3-10-5-7-11(8-6-10)16-14-9-12(15)17-13(4-2)18-14/h5-9H,3-4H2,1-2H3,(H,16,17,18). The highest BCUT2D eigenvalue weighted by molar-refractivity contribution is 9.10. The Bertz CT molecular complexity index is 523. The van der Waals surface area contributed by atoms with E-state index < -0.39 is 0 Å². The fourth-order valence-corrected chi connectivity index (χ4v) is 2.08. The SMILES string of the molecule is CCc1ccc(Nc2cc(Br)nc(CC)n2)cc1. The minimum atomic E-state index is 0.807. The molecule has 0 amide bonds. The number of aromatic nitrogens is 2. The van der Waals surface area contributed by atoms with Crippen molar-refractivity contribution in [2.75, 3.05) is 5.32 Å². The highest BCUT2D eigenvalue weighted by Gasteiger charge is 2.02. The van der Waals surface area contributed by atoms with Gasteiger partial charge in [0.1, 0.15) is 16.2 Å². The molecule has 0 spiro atoms. The van der Waals surface area contributed by atoms with Crippen LogP contribution in [0.4, 0.5) is 11.5 Å². The average Bonchev–Trinajstić information content (AvgIpc) is 2.39. The minimum Gasteiger partial charge on any atom is -0.340 e. The van der Waals surface area contributed by atoms with E-state index in [2.05, 4.69) is 62.4 Å². The van der Waals surface area contributed by atoms with Gasteiger partial charge in [-0.1, -0.05) is 26.0 Å². The number of nitrogens with one attached hydrogen (secondary N) is 1. The molecule has 2 aromatic rings. The molecule has 0 saturated carbocycles. The monoisotopic (exact) mass is 305 g/mol. The molecule has 1 heterocycles. The van der Waals surface area contributed by atoms with E-state index in [-0.39, 0.29) is 0 Å². The quantitative estimate of drug-likeness (QED) is 0.864. The molecule has 0 aliphatic heterocycles. The lowest BCUT2D eigenvalue weighted by Gasteiger charge is -2.08. The first-order valence-corrected chi connectivity index (χ1v) is 6.90. The van der Waals surface area contributed by atoms with Gasteiger partial charge in [0.25, 0.3) is 0 Å². The first-order valence-electron chi connectivity index (χ1n) is 6.10. The van der Waals surface area contributed by atoms with E-state index in [1.165, 1.54) is 5.56 Å². The third kappa shape index (κ3) is 3.29. The number of nitrogens with zero attached hydrogens (tertiary/aromatic N) is 2. The predicted octanol–water partition coefficient (Wildman–Crippen LogP) is 4.11. The lowest BCUT2D eigenvalue weighted by atomic mass is 10.1. The Hall–Kier alpha value is -1.42. The summed E-state index contributed by atoms with van der Waals surface area (Å²) in [6.45, 7) is 4.19. The molecule has 0 fully saturated rings. The molecule has 0 unspecified atom stereocenters. The van der Waals surface area contributed by atoms with Crippen LogP contribution < -0.4 is 5.32 Å². The molecule has 1 N–H and O–H groups in total. The van der Waals surface area contributed by atoms with Gasteiger partial charge in [0.2, 0.25) is 0 Å². The highest BCUT2D eigenvalue weighted by atomic mass is 79.9. The molecule has 4 heteroatoms. The van der Waals surface area contributed by atoms with Crippen LogP contribution in [-0.2, 0) is 12.8 Å². The molecule has 0 atom stereocenters. The van der Waals surface area contributed by atoms with Crippen molar-refractivity contribution in [2.45, 2.75) is 26.7 Å². The Morgan fingerprint density at radius 2 is 1.78 bits per heavy atom. The van der Waals surface area contributed by atoms with Crippen molar-refractivity contribution >= 4 is 27.4 Å². The summed E-state index contributed by atoms with van der Waals surface area (Å²) in [6.07, 6.45) is 1.88. The van der Waals surface area contributed by atoms with Crippen LogP contribution in [-0.4, -0.2) is 9.97 Å². The van der Waals surface area contributed by atoms with Crippen molar-refractivity contribution in [3.8, 4) is 0 Å². The van der Waals surface area contributed by atoms with E-state index in [1.54, 1.807) is 0 Å². The third-order valence-corrected chi connectivity index (χ3v) is 3.10. The van der Waals surface area contributed by atoms with Gasteiger partial charge < -0.3 is 5.32 Å². The topological polar surface area (TPSA) is 37.8 Å². The Balaban J connectivity index is 2.19. The number of anilines is 2. The minimum absolute atomic E-state index is 0.807. The van der Waals surface area contributed by atoms with Gasteiger partial charge in [0.05, 0.1) is 0 Å². The lowest BCUT2D eigenvalue weighted by molar-refractivity contribution is 0.931. The van der Waals surface area contributed by atoms with Gasteiger partial charge in [0, 0.05) is 18.2 Å². The molecule has 3 nitrogen and oxygen atoms in total. The number of halogens is 1. The lowest BCUT2D eigenvalue weighted by Crippen LogP contribution is -1.99. The zero-order valence-electron chi connectivity index (χ0n) is 10.6. The van der Waals surface area contributed by atoms with E-state index in [1.807, 2.05) is 13.0 Å². The normalized spacial score (nSPS) is 10.4. The Morgan fingerprint density at radius 3 is 2.39 bits per heavy atom. The van der Waals surface area contributed by atoms with Crippen LogP contribution in [0.25, 0.3) is 0 Å². The first kappa shape index (κ1) is 13.0. The van der Waals surface area contributed by atoms with Gasteiger partial charge in [-0.2, -0.15) is 0 Å². The number of hydrogen-bond donors (Lipinski definition) is 1. The molecule has 0 bridgehead atoms. The molecule has 2 rings (SSSR count). The largest absolute Gasteiger partial charge is 0.340 e. The molecule has 18 heavy (non-hydrogen) atoms. The Labute approximate surface area is 116 Å². The van der Waals surface area contributed by atoms with Crippen LogP contribution in [0.15, 0.2) is 34.9 Å². The summed E-state index contributed by atoms with van der Waals surface area (Å²) in [6, 6.07) is 10.3. The number of aryl methyl sites for hydroxylation is 2. The highest BCUT2D eigenvalue weighted by Crippen LogP contribution is 2.18. The van der Waals surface area contributed by atoms with E-state index in [0.29, 0.717) is 0 Å². The van der Waals surface area contributed by atoms with Crippen molar-refractivity contribution in [1.29, 1.82) is 0 Å². The third-order valence-electron chi connectivity index (χ3n) is 2.69. The van der Waals surface area contributed by atoms with Gasteiger partial charge in [-0.05, 0) is 40.0 Å². The van der Waals surface area contributed by atoms with E-state index in [9.17, 15) is 0 Å². The first-order chi connectivity index (χ1) is 8.71. The van der Waals surface area contributed by atoms with Crippen molar-refractivity contribution in [2.24, 2.45) is 0 Å². The van der Waals surface area contributed by atoms with Crippen LogP contribution in [0, 0.1) is 0 Å². The molecule has 0 aliphatic carbocycles. The maximum absolute atomic E-state index is 4.44. The fraction of sp³-hybridized carbons (Fsp3) is 0.286. The summed E-state index contributed by atoms with van der Waals surface area (Å²) < 4.78 is 0.807. The van der Waals surface area contributed by atoms with E-state index in [4.69, 9.17) is 0 Å². The van der Waals surface area contributed by atoms with E-state index >= 15 is 0 Å². The molecular formula is C14H16BrN3. The maximum Gasteiger partial charge on any atom is 0.135 e. The average molecular weight is 306 g/mol. The summed E-state index contributed by atoms with van der Waals surface area (Å²) in [7, 11) is 0. The second-order valence-corrected chi connectivity index (χ2v) is 4.83. The van der Waals surface area contributed by atoms with Crippen molar-refractivity contribution in [3.63, 3.8) is 0 Å². The zero-order valence-corrected chi connectivity index (χ0v) is 12.2. The molecule has 0 aliphatic rings. The van der Waals surface area contributed by atoms with Crippen molar-refractivity contribution < 1.29 is 0 Å². The second kappa shape index (κ2) is 5.96. The van der Waals surface area contributed by atoms with Crippen LogP contribution in [0.5, 0.6) is 0 Å². The number of benzene rings is 1. The van der Waals surface area contributed by atoms with Crippen LogP contribution in [0.1, 0.15) is 25.2 Å².